The Balaban J connectivity index is 4.10. The summed E-state index contributed by atoms with van der Waals surface area (Å²) < 4.78 is 4.65. The van der Waals surface area contributed by atoms with Gasteiger partial charge in [0.25, 0.3) is 0 Å². The second kappa shape index (κ2) is 6.83. The molecular weight excluding hydrogens is 200 g/mol. The van der Waals surface area contributed by atoms with E-state index in [1.54, 1.807) is 6.92 Å². The molecule has 6 heteroatoms. The summed E-state index contributed by atoms with van der Waals surface area (Å²) in [4.78, 5) is 21.9. The highest BCUT2D eigenvalue weighted by Crippen LogP contribution is 1.87. The summed E-state index contributed by atoms with van der Waals surface area (Å²) in [5.41, 5.74) is 0. The maximum absolute atomic E-state index is 11.2. The normalized spacial score (nSPS) is 13.7. The molecule has 2 amide bonds. The first kappa shape index (κ1) is 13.4. The van der Waals surface area contributed by atoms with E-state index < -0.39 is 18.0 Å². The van der Waals surface area contributed by atoms with Crippen LogP contribution in [0.2, 0.25) is 0 Å². The molecule has 0 aromatic heterocycles. The predicted molar refractivity (Wildman–Crippen MR) is 54.6 cm³/mol. The van der Waals surface area contributed by atoms with Crippen LogP contribution in [0.15, 0.2) is 12.7 Å². The van der Waals surface area contributed by atoms with Gasteiger partial charge < -0.3 is 20.5 Å². The molecule has 0 aliphatic carbocycles. The van der Waals surface area contributed by atoms with Crippen LogP contribution >= 0.6 is 0 Å². The first-order valence-electron chi connectivity index (χ1n) is 4.42. The SMILES string of the molecule is C=CC(C)NC(=O)NC(COC)C(=O)O. The minimum atomic E-state index is -1.14. The number of urea groups is 1. The lowest BCUT2D eigenvalue weighted by Gasteiger charge is -2.15. The zero-order chi connectivity index (χ0) is 11.8. The van der Waals surface area contributed by atoms with E-state index in [0.717, 1.165) is 0 Å². The lowest BCUT2D eigenvalue weighted by molar-refractivity contribution is -0.140. The molecule has 15 heavy (non-hydrogen) atoms. The largest absolute Gasteiger partial charge is 0.480 e. The third kappa shape index (κ3) is 5.69. The predicted octanol–water partition coefficient (Wildman–Crippen LogP) is -0.0403. The number of hydrogen-bond donors (Lipinski definition) is 3. The van der Waals surface area contributed by atoms with Crippen molar-refractivity contribution in [3.63, 3.8) is 0 Å². The summed E-state index contributed by atoms with van der Waals surface area (Å²) in [7, 11) is 1.36. The van der Waals surface area contributed by atoms with Gasteiger partial charge in [-0.2, -0.15) is 0 Å². The summed E-state index contributed by atoms with van der Waals surface area (Å²) in [6, 6.07) is -1.83. The third-order valence-corrected chi connectivity index (χ3v) is 1.65. The Kier molecular flexibility index (Phi) is 6.12. The Morgan fingerprint density at radius 1 is 1.53 bits per heavy atom. The molecule has 6 nitrogen and oxygen atoms in total. The number of aliphatic carboxylic acids is 1. The molecule has 0 fully saturated rings. The van der Waals surface area contributed by atoms with E-state index in [0.29, 0.717) is 0 Å². The third-order valence-electron chi connectivity index (χ3n) is 1.65. The van der Waals surface area contributed by atoms with Crippen molar-refractivity contribution in [1.29, 1.82) is 0 Å². The van der Waals surface area contributed by atoms with Gasteiger partial charge in [0, 0.05) is 13.2 Å². The lowest BCUT2D eigenvalue weighted by Crippen LogP contribution is -2.49. The zero-order valence-corrected chi connectivity index (χ0v) is 8.82. The van der Waals surface area contributed by atoms with Crippen LogP contribution in [-0.4, -0.2) is 42.9 Å². The van der Waals surface area contributed by atoms with Gasteiger partial charge in [-0.15, -0.1) is 6.58 Å². The van der Waals surface area contributed by atoms with Crippen LogP contribution in [0, 0.1) is 0 Å². The molecular formula is C9H16N2O4. The molecule has 0 aliphatic heterocycles. The fourth-order valence-corrected chi connectivity index (χ4v) is 0.807. The van der Waals surface area contributed by atoms with Crippen molar-refractivity contribution in [3.05, 3.63) is 12.7 Å². The monoisotopic (exact) mass is 216 g/mol. The summed E-state index contributed by atoms with van der Waals surface area (Å²) in [6.45, 7) is 5.12. The molecule has 3 N–H and O–H groups in total. The Labute approximate surface area is 88.3 Å². The van der Waals surface area contributed by atoms with Crippen molar-refractivity contribution in [2.45, 2.75) is 19.0 Å². The fraction of sp³-hybridized carbons (Fsp3) is 0.556. The number of carbonyl (C=O) groups is 2. The second-order valence-electron chi connectivity index (χ2n) is 2.99. The van der Waals surface area contributed by atoms with Gasteiger partial charge in [0.15, 0.2) is 6.04 Å². The molecule has 0 bridgehead atoms. The van der Waals surface area contributed by atoms with Gasteiger partial charge in [-0.3, -0.25) is 0 Å². The highest BCUT2D eigenvalue weighted by atomic mass is 16.5. The van der Waals surface area contributed by atoms with E-state index in [1.165, 1.54) is 13.2 Å². The number of rotatable bonds is 6. The molecule has 0 heterocycles. The molecule has 86 valence electrons. The van der Waals surface area contributed by atoms with Gasteiger partial charge in [0.1, 0.15) is 0 Å². The van der Waals surface area contributed by atoms with E-state index in [2.05, 4.69) is 21.9 Å². The Hall–Kier alpha value is -1.56. The van der Waals surface area contributed by atoms with Crippen LogP contribution < -0.4 is 10.6 Å². The lowest BCUT2D eigenvalue weighted by atomic mass is 10.3. The quantitative estimate of drug-likeness (QED) is 0.544. The summed E-state index contributed by atoms with van der Waals surface area (Å²) in [5, 5.41) is 13.4. The van der Waals surface area contributed by atoms with Crippen molar-refractivity contribution in [2.75, 3.05) is 13.7 Å². The van der Waals surface area contributed by atoms with Gasteiger partial charge >= 0.3 is 12.0 Å². The molecule has 0 aromatic carbocycles. The minimum Gasteiger partial charge on any atom is -0.480 e. The average molecular weight is 216 g/mol. The van der Waals surface area contributed by atoms with Crippen LogP contribution in [0.5, 0.6) is 0 Å². The van der Waals surface area contributed by atoms with Crippen LogP contribution in [0.1, 0.15) is 6.92 Å². The second-order valence-corrected chi connectivity index (χ2v) is 2.99. The van der Waals surface area contributed by atoms with Gasteiger partial charge in [-0.25, -0.2) is 9.59 Å². The number of nitrogens with one attached hydrogen (secondary N) is 2. The number of carboxylic acids is 1. The summed E-state index contributed by atoms with van der Waals surface area (Å²) in [5.74, 6) is -1.14. The van der Waals surface area contributed by atoms with E-state index >= 15 is 0 Å². The van der Waals surface area contributed by atoms with Crippen molar-refractivity contribution in [2.24, 2.45) is 0 Å². The Bertz CT molecular complexity index is 242. The number of ether oxygens (including phenoxy) is 1. The van der Waals surface area contributed by atoms with Crippen molar-refractivity contribution < 1.29 is 19.4 Å². The number of amides is 2. The van der Waals surface area contributed by atoms with Crippen molar-refractivity contribution in [3.8, 4) is 0 Å². The summed E-state index contributed by atoms with van der Waals surface area (Å²) >= 11 is 0. The summed E-state index contributed by atoms with van der Waals surface area (Å²) in [6.07, 6.45) is 1.53. The fourth-order valence-electron chi connectivity index (χ4n) is 0.807. The van der Waals surface area contributed by atoms with Crippen molar-refractivity contribution in [1.82, 2.24) is 10.6 Å². The molecule has 0 spiro atoms. The maximum atomic E-state index is 11.2. The van der Waals surface area contributed by atoms with Crippen LogP contribution in [0.4, 0.5) is 4.79 Å². The topological polar surface area (TPSA) is 87.7 Å². The van der Waals surface area contributed by atoms with Crippen LogP contribution in [0.25, 0.3) is 0 Å². The standard InChI is InChI=1S/C9H16N2O4/c1-4-6(2)10-9(14)11-7(5-15-3)8(12)13/h4,6-7H,1,5H2,2-3H3,(H,12,13)(H2,10,11,14). The van der Waals surface area contributed by atoms with Gasteiger partial charge in [0.2, 0.25) is 0 Å². The van der Waals surface area contributed by atoms with Crippen LogP contribution in [0.3, 0.4) is 0 Å². The van der Waals surface area contributed by atoms with E-state index in [1.807, 2.05) is 0 Å². The number of hydrogen-bond acceptors (Lipinski definition) is 3. The maximum Gasteiger partial charge on any atom is 0.328 e. The smallest absolute Gasteiger partial charge is 0.328 e. The van der Waals surface area contributed by atoms with Gasteiger partial charge in [-0.1, -0.05) is 6.08 Å². The number of carboxylic acid groups (broad SMARTS) is 1. The Morgan fingerprint density at radius 2 is 2.13 bits per heavy atom. The Morgan fingerprint density at radius 3 is 2.53 bits per heavy atom. The highest BCUT2D eigenvalue weighted by molar-refractivity contribution is 5.82. The average Bonchev–Trinajstić information content (AvgIpc) is 2.16. The van der Waals surface area contributed by atoms with E-state index in [-0.39, 0.29) is 12.6 Å². The minimum absolute atomic E-state index is 0.0782. The molecule has 0 saturated heterocycles. The molecule has 0 aromatic rings. The molecule has 0 saturated carbocycles. The van der Waals surface area contributed by atoms with E-state index in [4.69, 9.17) is 5.11 Å². The first-order valence-corrected chi connectivity index (χ1v) is 4.42. The zero-order valence-electron chi connectivity index (χ0n) is 8.82. The van der Waals surface area contributed by atoms with Gasteiger partial charge in [0.05, 0.1) is 6.61 Å². The van der Waals surface area contributed by atoms with Crippen LogP contribution in [-0.2, 0) is 9.53 Å². The number of methoxy groups -OCH3 is 1. The first-order chi connectivity index (χ1) is 7.01. The molecule has 2 atom stereocenters. The molecule has 2 unspecified atom stereocenters. The van der Waals surface area contributed by atoms with Crippen molar-refractivity contribution >= 4 is 12.0 Å². The van der Waals surface area contributed by atoms with Gasteiger partial charge in [-0.05, 0) is 6.92 Å². The highest BCUT2D eigenvalue weighted by Gasteiger charge is 2.19. The number of carbonyl (C=O) groups excluding carboxylic acids is 1. The van der Waals surface area contributed by atoms with E-state index in [9.17, 15) is 9.59 Å². The molecule has 0 rings (SSSR count). The molecule has 0 aliphatic rings. The molecule has 0 radical (unpaired) electrons.